The van der Waals surface area contributed by atoms with Crippen LogP contribution in [0.15, 0.2) is 29.8 Å². The molecule has 2 aliphatic heterocycles. The zero-order valence-electron chi connectivity index (χ0n) is 23.1. The molecule has 3 heterocycles. The van der Waals surface area contributed by atoms with Crippen LogP contribution in [0.4, 0.5) is 5.69 Å². The Morgan fingerprint density at radius 1 is 1.23 bits per heavy atom. The van der Waals surface area contributed by atoms with Crippen molar-refractivity contribution in [2.24, 2.45) is 11.3 Å². The van der Waals surface area contributed by atoms with E-state index in [0.717, 1.165) is 23.0 Å². The summed E-state index contributed by atoms with van der Waals surface area (Å²) in [6.45, 7) is 7.70. The monoisotopic (exact) mass is 536 g/mol. The highest BCUT2D eigenvalue weighted by Gasteiger charge is 2.78. The molecule has 1 aromatic heterocycles. The fraction of sp³-hybridized carbons (Fsp3) is 0.600. The number of hydrogen-bond acceptors (Lipinski definition) is 8. The second-order valence-corrected chi connectivity index (χ2v) is 13.0. The van der Waals surface area contributed by atoms with E-state index in [1.165, 1.54) is 12.7 Å². The number of esters is 1. The summed E-state index contributed by atoms with van der Waals surface area (Å²) in [4.78, 5) is 29.3. The molecule has 0 radical (unpaired) electrons. The molecule has 39 heavy (non-hydrogen) atoms. The third-order valence-corrected chi connectivity index (χ3v) is 11.0. The molecular weight excluding hydrogens is 500 g/mol. The molecule has 0 unspecified atom stereocenters. The van der Waals surface area contributed by atoms with Gasteiger partial charge in [-0.3, -0.25) is 4.79 Å². The van der Waals surface area contributed by atoms with E-state index in [0.29, 0.717) is 30.5 Å². The number of anilines is 1. The van der Waals surface area contributed by atoms with Crippen LogP contribution in [0.25, 0.3) is 10.9 Å². The number of methoxy groups -OCH3 is 1. The topological polar surface area (TPSA) is 133 Å². The molecule has 9 heteroatoms. The summed E-state index contributed by atoms with van der Waals surface area (Å²) < 4.78 is 24.0. The predicted molar refractivity (Wildman–Crippen MR) is 142 cm³/mol. The number of fused-ring (bicyclic) bond motifs is 9. The van der Waals surface area contributed by atoms with Crippen LogP contribution in [0.3, 0.4) is 0 Å². The zero-order valence-corrected chi connectivity index (χ0v) is 23.1. The van der Waals surface area contributed by atoms with E-state index in [9.17, 15) is 14.7 Å². The number of nitrogen functional groups attached to an aromatic ring is 1. The van der Waals surface area contributed by atoms with E-state index < -0.39 is 46.0 Å². The summed E-state index contributed by atoms with van der Waals surface area (Å²) in [6.07, 6.45) is 2.31. The van der Waals surface area contributed by atoms with Gasteiger partial charge in [0.05, 0.1) is 13.2 Å². The molecule has 9 nitrogen and oxygen atoms in total. The molecule has 3 aliphatic carbocycles. The Kier molecular flexibility index (Phi) is 4.87. The third kappa shape index (κ3) is 2.84. The van der Waals surface area contributed by atoms with Crippen LogP contribution in [0, 0.1) is 11.3 Å². The number of aliphatic hydroxyl groups is 1. The van der Waals surface area contributed by atoms with Gasteiger partial charge < -0.3 is 34.8 Å². The van der Waals surface area contributed by atoms with Gasteiger partial charge in [-0.15, -0.1) is 0 Å². The molecule has 4 N–H and O–H groups in total. The summed E-state index contributed by atoms with van der Waals surface area (Å²) in [5.74, 6) is -1.88. The first-order valence-electron chi connectivity index (χ1n) is 13.8. The number of nitrogens with one attached hydrogen (secondary N) is 1. The highest BCUT2D eigenvalue weighted by molar-refractivity contribution is 5.97. The van der Waals surface area contributed by atoms with Gasteiger partial charge in [-0.1, -0.05) is 13.8 Å². The van der Waals surface area contributed by atoms with E-state index in [1.54, 1.807) is 6.08 Å². The number of H-pyrrole nitrogens is 1. The molecule has 208 valence electrons. The Morgan fingerprint density at radius 3 is 2.74 bits per heavy atom. The van der Waals surface area contributed by atoms with Crippen LogP contribution < -0.4 is 5.73 Å². The molecule has 1 aromatic carbocycles. The minimum atomic E-state index is -1.66. The average Bonchev–Trinajstić information content (AvgIpc) is 3.46. The molecule has 1 saturated heterocycles. The molecule has 2 bridgehead atoms. The van der Waals surface area contributed by atoms with Gasteiger partial charge in [0.15, 0.2) is 17.7 Å². The number of carbonyl (C=O) groups is 2. The smallest absolute Gasteiger partial charge is 0.331 e. The summed E-state index contributed by atoms with van der Waals surface area (Å²) in [5.41, 5.74) is 6.75. The van der Waals surface area contributed by atoms with E-state index in [-0.39, 0.29) is 18.3 Å². The Morgan fingerprint density at radius 2 is 2.00 bits per heavy atom. The first kappa shape index (κ1) is 25.3. The zero-order chi connectivity index (χ0) is 27.8. The van der Waals surface area contributed by atoms with E-state index in [1.807, 2.05) is 32.0 Å². The van der Waals surface area contributed by atoms with Crippen LogP contribution in [0.5, 0.6) is 0 Å². The lowest BCUT2D eigenvalue weighted by molar-refractivity contribution is -0.280. The van der Waals surface area contributed by atoms with Crippen LogP contribution >= 0.6 is 0 Å². The first-order valence-corrected chi connectivity index (χ1v) is 13.8. The van der Waals surface area contributed by atoms with E-state index >= 15 is 0 Å². The Bertz CT molecular complexity index is 1480. The number of hydrogen-bond donors (Lipinski definition) is 3. The number of benzene rings is 1. The van der Waals surface area contributed by atoms with Gasteiger partial charge in [-0.05, 0) is 68.9 Å². The summed E-state index contributed by atoms with van der Waals surface area (Å²) in [7, 11) is 1.31. The van der Waals surface area contributed by atoms with Crippen molar-refractivity contribution in [1.82, 2.24) is 4.98 Å². The van der Waals surface area contributed by atoms with Crippen molar-refractivity contribution in [1.29, 1.82) is 0 Å². The van der Waals surface area contributed by atoms with Gasteiger partial charge in [0.1, 0.15) is 17.8 Å². The second kappa shape index (κ2) is 7.51. The normalized spacial score (nSPS) is 41.4. The minimum Gasteiger partial charge on any atom is -0.467 e. The molecular formula is C30H36N2O7. The maximum absolute atomic E-state index is 13.4. The first-order chi connectivity index (χ1) is 18.3. The summed E-state index contributed by atoms with van der Waals surface area (Å²) >= 11 is 0. The van der Waals surface area contributed by atoms with Gasteiger partial charge in [-0.2, -0.15) is 0 Å². The van der Waals surface area contributed by atoms with Crippen LogP contribution in [-0.4, -0.2) is 64.8 Å². The van der Waals surface area contributed by atoms with Crippen LogP contribution in [-0.2, 0) is 40.4 Å². The highest BCUT2D eigenvalue weighted by atomic mass is 16.8. The Labute approximate surface area is 227 Å². The van der Waals surface area contributed by atoms with Crippen molar-refractivity contribution in [3.63, 3.8) is 0 Å². The molecule has 1 spiro atoms. The number of ether oxygens (including phenoxy) is 4. The number of rotatable bonds is 3. The lowest BCUT2D eigenvalue weighted by Crippen LogP contribution is -2.74. The quantitative estimate of drug-likeness (QED) is 0.403. The second-order valence-electron chi connectivity index (χ2n) is 13.0. The third-order valence-electron chi connectivity index (χ3n) is 11.0. The number of ketones is 1. The van der Waals surface area contributed by atoms with E-state index in [4.69, 9.17) is 24.7 Å². The number of carbonyl (C=O) groups excluding carboxylic acids is 2. The van der Waals surface area contributed by atoms with Gasteiger partial charge in [0.25, 0.3) is 0 Å². The maximum Gasteiger partial charge on any atom is 0.331 e. The Hall–Kier alpha value is -2.72. The number of aromatic amines is 1. The fourth-order valence-electron chi connectivity index (χ4n) is 8.88. The van der Waals surface area contributed by atoms with Crippen molar-refractivity contribution in [2.45, 2.75) is 88.0 Å². The van der Waals surface area contributed by atoms with Crippen molar-refractivity contribution in [2.75, 3.05) is 19.5 Å². The van der Waals surface area contributed by atoms with Crippen molar-refractivity contribution >= 4 is 28.3 Å². The van der Waals surface area contributed by atoms with Crippen molar-refractivity contribution in [3.8, 4) is 0 Å². The van der Waals surface area contributed by atoms with Crippen LogP contribution in [0.1, 0.15) is 58.2 Å². The molecule has 7 atom stereocenters. The van der Waals surface area contributed by atoms with Gasteiger partial charge in [-0.25, -0.2) is 4.79 Å². The molecule has 7 rings (SSSR count). The highest BCUT2D eigenvalue weighted by Crippen LogP contribution is 2.72. The molecule has 3 fully saturated rings. The van der Waals surface area contributed by atoms with Crippen molar-refractivity contribution in [3.05, 3.63) is 41.1 Å². The molecule has 2 aromatic rings. The lowest BCUT2D eigenvalue weighted by atomic mass is 9.41. The summed E-state index contributed by atoms with van der Waals surface area (Å²) in [6, 6.07) is 5.90. The SMILES string of the molecule is COC(=O)CO[C@H]1C[C@H]2Cc3c([nH]c4ccc(N)cc34)[C@]2(C)[C@@]2(C)CC[C@@]34O[C@@H](C(=O)C=C3[C@]12O)C(C)(C)O4. The summed E-state index contributed by atoms with van der Waals surface area (Å²) in [5, 5.41) is 14.2. The van der Waals surface area contributed by atoms with Gasteiger partial charge in [0.2, 0.25) is 0 Å². The lowest BCUT2D eigenvalue weighted by Gasteiger charge is -2.67. The van der Waals surface area contributed by atoms with Crippen LogP contribution in [0.2, 0.25) is 0 Å². The number of nitrogens with two attached hydrogens (primary N) is 1. The predicted octanol–water partition coefficient (Wildman–Crippen LogP) is 3.07. The maximum atomic E-state index is 13.4. The van der Waals surface area contributed by atoms with Crippen molar-refractivity contribution < 1.29 is 33.6 Å². The molecule has 0 amide bonds. The Balaban J connectivity index is 1.43. The molecule has 5 aliphatic rings. The standard InChI is InChI=1S/C30H36N2O7/c1-26(2)25-20(33)13-21-29(38-25,39-26)9-8-27(3)28(4)15(11-22(30(21,27)35)37-14-23(34)36-5)10-18-17-12-16(31)6-7-19(17)32-24(18)28/h6-7,12-13,15,22,25,32,35H,8-11,14,31H2,1-5H3/t15-,22+,25+,27-,28-,29+,30+/m1/s1. The molecule has 2 saturated carbocycles. The minimum absolute atomic E-state index is 0.112. The fourth-order valence-corrected chi connectivity index (χ4v) is 8.88. The number of aromatic nitrogens is 1. The van der Waals surface area contributed by atoms with E-state index in [2.05, 4.69) is 18.8 Å². The largest absolute Gasteiger partial charge is 0.467 e. The van der Waals surface area contributed by atoms with Gasteiger partial charge in [0, 0.05) is 45.1 Å². The van der Waals surface area contributed by atoms with Gasteiger partial charge >= 0.3 is 5.97 Å². The average molecular weight is 537 g/mol.